The highest BCUT2D eigenvalue weighted by Crippen LogP contribution is 2.68. The van der Waals surface area contributed by atoms with Gasteiger partial charge in [0.25, 0.3) is 0 Å². The number of fused-ring (bicyclic) bond motifs is 1. The average molecular weight is 449 g/mol. The number of rotatable bonds is 2. The molecule has 5 heterocycles. The van der Waals surface area contributed by atoms with E-state index in [1.807, 2.05) is 20.8 Å². The fourth-order valence-electron chi connectivity index (χ4n) is 8.42. The lowest BCUT2D eigenvalue weighted by atomic mass is 9.52. The van der Waals surface area contributed by atoms with Crippen LogP contribution in [-0.4, -0.2) is 69.7 Å². The number of cyclic esters (lactones) is 1. The second kappa shape index (κ2) is 6.38. The third kappa shape index (κ3) is 2.11. The summed E-state index contributed by atoms with van der Waals surface area (Å²) in [7, 11) is 0. The van der Waals surface area contributed by atoms with E-state index < -0.39 is 35.0 Å². The molecule has 5 saturated heterocycles. The molecule has 0 aromatic heterocycles. The number of hydrogen-bond donors (Lipinski definition) is 2. The monoisotopic (exact) mass is 448 g/mol. The first-order valence-electron chi connectivity index (χ1n) is 12.1. The number of carbonyl (C=O) groups is 3. The Kier molecular flexibility index (Phi) is 4.13. The standard InChI is InChI=1S/C23H32N2O7/c1-4-13-17-16(12(3)19(27)31-17)22-10-14(15-9-11(2)18(26)30-15)25-8-6-5-7-21(13,29)23(22,25)24-20(28)32-22/h11-17,29H,4-10H2,1-3H3,(H,24,28)/t11-,12-,13-,14-,15-,16-,17-,21-,22-,23-/m1/s1. The molecule has 6 aliphatic rings. The van der Waals surface area contributed by atoms with E-state index in [1.54, 1.807) is 0 Å². The SMILES string of the molecule is CC[C@@H]1[C@H]2OC(=O)[C@H](C)[C@H]2[C@]23C[C@H]([C@H]4C[C@@H](C)C(=O)O4)N4CCCC[C@]1(O)[C@@]42NC(=O)O3. The first-order valence-corrected chi connectivity index (χ1v) is 12.1. The number of amides is 1. The van der Waals surface area contributed by atoms with Gasteiger partial charge >= 0.3 is 18.0 Å². The van der Waals surface area contributed by atoms with Crippen molar-refractivity contribution in [1.29, 1.82) is 0 Å². The molecule has 1 amide bonds. The van der Waals surface area contributed by atoms with Gasteiger partial charge in [0.2, 0.25) is 0 Å². The van der Waals surface area contributed by atoms with Crippen LogP contribution in [0.25, 0.3) is 0 Å². The maximum atomic E-state index is 12.9. The molecule has 9 nitrogen and oxygen atoms in total. The molecule has 0 aromatic carbocycles. The summed E-state index contributed by atoms with van der Waals surface area (Å²) >= 11 is 0. The van der Waals surface area contributed by atoms with Crippen LogP contribution in [-0.2, 0) is 23.8 Å². The maximum Gasteiger partial charge on any atom is 0.409 e. The lowest BCUT2D eigenvalue weighted by molar-refractivity contribution is -0.258. The van der Waals surface area contributed by atoms with Crippen LogP contribution in [0.1, 0.15) is 59.3 Å². The second-order valence-corrected chi connectivity index (χ2v) is 10.8. The molecular formula is C23H32N2O7. The zero-order valence-electron chi connectivity index (χ0n) is 18.8. The Labute approximate surface area is 187 Å². The zero-order valence-corrected chi connectivity index (χ0v) is 18.8. The van der Waals surface area contributed by atoms with Crippen LogP contribution < -0.4 is 5.32 Å². The molecular weight excluding hydrogens is 416 g/mol. The van der Waals surface area contributed by atoms with Crippen molar-refractivity contribution < 1.29 is 33.7 Å². The van der Waals surface area contributed by atoms with Gasteiger partial charge in [0.1, 0.15) is 17.8 Å². The van der Waals surface area contributed by atoms with Gasteiger partial charge < -0.3 is 19.3 Å². The maximum absolute atomic E-state index is 12.9. The molecule has 6 fully saturated rings. The van der Waals surface area contributed by atoms with E-state index in [4.69, 9.17) is 14.2 Å². The Balaban J connectivity index is 1.57. The summed E-state index contributed by atoms with van der Waals surface area (Å²) in [4.78, 5) is 40.2. The largest absolute Gasteiger partial charge is 0.461 e. The van der Waals surface area contributed by atoms with Gasteiger partial charge in [-0.1, -0.05) is 20.8 Å². The third-order valence-electron chi connectivity index (χ3n) is 9.54. The lowest BCUT2D eigenvalue weighted by Gasteiger charge is -2.61. The summed E-state index contributed by atoms with van der Waals surface area (Å²) in [5, 5.41) is 15.6. The van der Waals surface area contributed by atoms with Gasteiger partial charge in [0, 0.05) is 18.9 Å². The molecule has 2 N–H and O–H groups in total. The van der Waals surface area contributed by atoms with E-state index in [9.17, 15) is 19.5 Å². The number of nitrogens with one attached hydrogen (secondary N) is 1. The summed E-state index contributed by atoms with van der Waals surface area (Å²) < 4.78 is 17.9. The molecule has 0 unspecified atom stereocenters. The van der Waals surface area contributed by atoms with E-state index >= 15 is 0 Å². The molecule has 1 aliphatic carbocycles. The van der Waals surface area contributed by atoms with Gasteiger partial charge in [-0.15, -0.1) is 0 Å². The molecule has 176 valence electrons. The lowest BCUT2D eigenvalue weighted by Crippen LogP contribution is -2.83. The molecule has 9 heteroatoms. The van der Waals surface area contributed by atoms with Gasteiger partial charge in [-0.05, 0) is 32.1 Å². The van der Waals surface area contributed by atoms with Crippen LogP contribution in [0.15, 0.2) is 0 Å². The zero-order chi connectivity index (χ0) is 22.6. The van der Waals surface area contributed by atoms with Crippen LogP contribution in [0.5, 0.6) is 0 Å². The number of ether oxygens (including phenoxy) is 3. The molecule has 1 spiro atoms. The third-order valence-corrected chi connectivity index (χ3v) is 9.54. The summed E-state index contributed by atoms with van der Waals surface area (Å²) in [5.74, 6) is -1.87. The minimum absolute atomic E-state index is 0.190. The minimum atomic E-state index is -1.33. The van der Waals surface area contributed by atoms with Crippen LogP contribution in [0.3, 0.4) is 0 Å². The van der Waals surface area contributed by atoms with Gasteiger partial charge in [-0.3, -0.25) is 19.8 Å². The quantitative estimate of drug-likeness (QED) is 0.480. The molecule has 1 saturated carbocycles. The summed E-state index contributed by atoms with van der Waals surface area (Å²) in [6.45, 7) is 6.36. The number of aliphatic hydroxyl groups is 1. The Morgan fingerprint density at radius 3 is 2.62 bits per heavy atom. The van der Waals surface area contributed by atoms with E-state index in [-0.39, 0.29) is 41.8 Å². The van der Waals surface area contributed by atoms with Gasteiger partial charge in [0.05, 0.1) is 23.8 Å². The smallest absolute Gasteiger partial charge is 0.409 e. The Morgan fingerprint density at radius 1 is 1.16 bits per heavy atom. The molecule has 10 atom stereocenters. The van der Waals surface area contributed by atoms with Crippen LogP contribution >= 0.6 is 0 Å². The van der Waals surface area contributed by atoms with Crippen molar-refractivity contribution in [2.45, 2.75) is 94.4 Å². The summed E-state index contributed by atoms with van der Waals surface area (Å²) in [6.07, 6.45) is 2.30. The normalized spacial score (nSPS) is 54.1. The highest BCUT2D eigenvalue weighted by molar-refractivity contribution is 5.79. The second-order valence-electron chi connectivity index (χ2n) is 10.8. The van der Waals surface area contributed by atoms with E-state index in [0.717, 1.165) is 12.8 Å². The number of alkyl carbamates (subject to hydrolysis) is 1. The predicted molar refractivity (Wildman–Crippen MR) is 109 cm³/mol. The Bertz CT molecular complexity index is 896. The topological polar surface area (TPSA) is 114 Å². The van der Waals surface area contributed by atoms with Gasteiger partial charge in [-0.2, -0.15) is 0 Å². The van der Waals surface area contributed by atoms with Crippen LogP contribution in [0.4, 0.5) is 4.79 Å². The highest BCUT2D eigenvalue weighted by Gasteiger charge is 2.87. The molecule has 0 aromatic rings. The molecule has 0 radical (unpaired) electrons. The van der Waals surface area contributed by atoms with Crippen LogP contribution in [0, 0.1) is 23.7 Å². The number of nitrogens with zero attached hydrogens (tertiary/aromatic N) is 1. The Morgan fingerprint density at radius 2 is 1.94 bits per heavy atom. The summed E-state index contributed by atoms with van der Waals surface area (Å²) in [5.41, 5.74) is -3.65. The predicted octanol–water partition coefficient (Wildman–Crippen LogP) is 1.32. The highest BCUT2D eigenvalue weighted by atomic mass is 16.6. The van der Waals surface area contributed by atoms with Crippen LogP contribution in [0.2, 0.25) is 0 Å². The fraction of sp³-hybridized carbons (Fsp3) is 0.870. The molecule has 5 aliphatic heterocycles. The first kappa shape index (κ1) is 20.7. The van der Waals surface area contributed by atoms with Crippen molar-refractivity contribution in [3.63, 3.8) is 0 Å². The van der Waals surface area contributed by atoms with Crippen molar-refractivity contribution in [2.24, 2.45) is 23.7 Å². The summed E-state index contributed by atoms with van der Waals surface area (Å²) in [6, 6.07) is -0.215. The average Bonchev–Trinajstić information content (AvgIpc) is 3.36. The number of hydrogen-bond acceptors (Lipinski definition) is 8. The minimum Gasteiger partial charge on any atom is -0.461 e. The van der Waals surface area contributed by atoms with Gasteiger partial charge in [-0.25, -0.2) is 4.79 Å². The van der Waals surface area contributed by atoms with E-state index in [1.165, 1.54) is 0 Å². The van der Waals surface area contributed by atoms with Gasteiger partial charge in [0.15, 0.2) is 11.3 Å². The van der Waals surface area contributed by atoms with E-state index in [2.05, 4.69) is 10.2 Å². The molecule has 0 bridgehead atoms. The first-order chi connectivity index (χ1) is 15.2. The molecule has 6 rings (SSSR count). The van der Waals surface area contributed by atoms with Crippen molar-refractivity contribution in [3.05, 3.63) is 0 Å². The Hall–Kier alpha value is -1.87. The van der Waals surface area contributed by atoms with Crippen molar-refractivity contribution in [3.8, 4) is 0 Å². The van der Waals surface area contributed by atoms with Crippen molar-refractivity contribution >= 4 is 18.0 Å². The fourth-order valence-corrected chi connectivity index (χ4v) is 8.42. The number of carbonyl (C=O) groups excluding carboxylic acids is 3. The van der Waals surface area contributed by atoms with Crippen molar-refractivity contribution in [1.82, 2.24) is 10.2 Å². The van der Waals surface area contributed by atoms with E-state index in [0.29, 0.717) is 32.2 Å². The number of esters is 2. The van der Waals surface area contributed by atoms with Crippen molar-refractivity contribution in [2.75, 3.05) is 6.54 Å². The molecule has 32 heavy (non-hydrogen) atoms.